The molecule has 0 unspecified atom stereocenters. The van der Waals surface area contributed by atoms with E-state index in [1.165, 1.54) is 6.26 Å². The lowest BCUT2D eigenvalue weighted by Crippen LogP contribution is -2.21. The van der Waals surface area contributed by atoms with Crippen molar-refractivity contribution in [2.24, 2.45) is 0 Å². The molecule has 0 saturated heterocycles. The lowest BCUT2D eigenvalue weighted by molar-refractivity contribution is 0.328. The molecule has 5 heteroatoms. The molecule has 0 radical (unpaired) electrons. The summed E-state index contributed by atoms with van der Waals surface area (Å²) in [4.78, 5) is 2.06. The van der Waals surface area contributed by atoms with E-state index in [1.807, 2.05) is 25.2 Å². The summed E-state index contributed by atoms with van der Waals surface area (Å²) in [6, 6.07) is 9.56. The van der Waals surface area contributed by atoms with Gasteiger partial charge in [-0.05, 0) is 37.7 Å². The molecule has 1 aromatic carbocycles. The van der Waals surface area contributed by atoms with E-state index >= 15 is 0 Å². The van der Waals surface area contributed by atoms with Crippen molar-refractivity contribution >= 4 is 9.84 Å². The van der Waals surface area contributed by atoms with E-state index in [4.69, 9.17) is 5.26 Å². The standard InChI is InChI=1S/C13H18N2O2S/c1-15(7-4-8-18(2,16)17)11-13-6-3-5-12(9-13)10-14/h3,5-6,9H,4,7-8,11H2,1-2H3. The van der Waals surface area contributed by atoms with Gasteiger partial charge >= 0.3 is 0 Å². The zero-order valence-electron chi connectivity index (χ0n) is 10.8. The Balaban J connectivity index is 2.45. The summed E-state index contributed by atoms with van der Waals surface area (Å²) in [6.45, 7) is 1.45. The summed E-state index contributed by atoms with van der Waals surface area (Å²) in [7, 11) is -0.927. The minimum atomic E-state index is -2.87. The predicted octanol–water partition coefficient (Wildman–Crippen LogP) is 1.42. The Kier molecular flexibility index (Phi) is 5.32. The van der Waals surface area contributed by atoms with Gasteiger partial charge in [0.1, 0.15) is 9.84 Å². The molecule has 0 N–H and O–H groups in total. The van der Waals surface area contributed by atoms with Gasteiger partial charge in [0.05, 0.1) is 17.4 Å². The number of hydrogen-bond acceptors (Lipinski definition) is 4. The molecule has 0 aromatic heterocycles. The van der Waals surface area contributed by atoms with Crippen molar-refractivity contribution in [2.45, 2.75) is 13.0 Å². The Labute approximate surface area is 109 Å². The Morgan fingerprint density at radius 1 is 1.39 bits per heavy atom. The first-order valence-electron chi connectivity index (χ1n) is 5.76. The summed E-state index contributed by atoms with van der Waals surface area (Å²) >= 11 is 0. The summed E-state index contributed by atoms with van der Waals surface area (Å²) in [6.07, 6.45) is 1.89. The lowest BCUT2D eigenvalue weighted by Gasteiger charge is -2.16. The number of rotatable bonds is 6. The normalized spacial score (nSPS) is 11.4. The van der Waals surface area contributed by atoms with E-state index in [1.54, 1.807) is 6.07 Å². The molecule has 18 heavy (non-hydrogen) atoms. The van der Waals surface area contributed by atoms with E-state index in [0.717, 1.165) is 18.7 Å². The van der Waals surface area contributed by atoms with Crippen LogP contribution >= 0.6 is 0 Å². The van der Waals surface area contributed by atoms with Gasteiger partial charge in [0.25, 0.3) is 0 Å². The van der Waals surface area contributed by atoms with Crippen LogP contribution in [0.25, 0.3) is 0 Å². The topological polar surface area (TPSA) is 61.2 Å². The molecule has 1 rings (SSSR count). The van der Waals surface area contributed by atoms with Gasteiger partial charge < -0.3 is 4.90 Å². The maximum atomic E-state index is 11.0. The maximum Gasteiger partial charge on any atom is 0.147 e. The molecule has 0 aliphatic rings. The summed E-state index contributed by atoms with van der Waals surface area (Å²) in [5.41, 5.74) is 1.72. The van der Waals surface area contributed by atoms with Crippen molar-refractivity contribution < 1.29 is 8.42 Å². The minimum Gasteiger partial charge on any atom is -0.302 e. The monoisotopic (exact) mass is 266 g/mol. The van der Waals surface area contributed by atoms with Crippen LogP contribution in [0.3, 0.4) is 0 Å². The third-order valence-corrected chi connectivity index (χ3v) is 3.59. The highest BCUT2D eigenvalue weighted by Crippen LogP contribution is 2.07. The van der Waals surface area contributed by atoms with Gasteiger partial charge in [0.15, 0.2) is 0 Å². The number of hydrogen-bond donors (Lipinski definition) is 0. The van der Waals surface area contributed by atoms with Gasteiger partial charge in [-0.3, -0.25) is 0 Å². The number of sulfone groups is 1. The zero-order valence-corrected chi connectivity index (χ0v) is 11.6. The molecule has 98 valence electrons. The van der Waals surface area contributed by atoms with E-state index in [0.29, 0.717) is 12.0 Å². The highest BCUT2D eigenvalue weighted by Gasteiger charge is 2.05. The van der Waals surface area contributed by atoms with Gasteiger partial charge in [-0.25, -0.2) is 8.42 Å². The number of nitrogens with zero attached hydrogens (tertiary/aromatic N) is 2. The fraction of sp³-hybridized carbons (Fsp3) is 0.462. The van der Waals surface area contributed by atoms with Crippen LogP contribution in [0.15, 0.2) is 24.3 Å². The molecule has 0 atom stereocenters. The van der Waals surface area contributed by atoms with Crippen molar-refractivity contribution in [1.29, 1.82) is 5.26 Å². The smallest absolute Gasteiger partial charge is 0.147 e. The molecule has 0 aliphatic heterocycles. The molecule has 0 bridgehead atoms. The van der Waals surface area contributed by atoms with Crippen LogP contribution in [0.2, 0.25) is 0 Å². The molecular formula is C13H18N2O2S. The molecule has 0 saturated carbocycles. The Morgan fingerprint density at radius 2 is 2.11 bits per heavy atom. The second-order valence-electron chi connectivity index (χ2n) is 4.53. The Hall–Kier alpha value is -1.38. The van der Waals surface area contributed by atoms with Crippen molar-refractivity contribution in [2.75, 3.05) is 25.6 Å². The molecular weight excluding hydrogens is 248 g/mol. The van der Waals surface area contributed by atoms with E-state index in [-0.39, 0.29) is 5.75 Å². The first kappa shape index (κ1) is 14.7. The van der Waals surface area contributed by atoms with Crippen LogP contribution < -0.4 is 0 Å². The van der Waals surface area contributed by atoms with Gasteiger partial charge in [0.2, 0.25) is 0 Å². The minimum absolute atomic E-state index is 0.218. The van der Waals surface area contributed by atoms with E-state index < -0.39 is 9.84 Å². The average Bonchev–Trinajstić information content (AvgIpc) is 2.27. The molecule has 0 amide bonds. The average molecular weight is 266 g/mol. The van der Waals surface area contributed by atoms with Crippen LogP contribution in [0.5, 0.6) is 0 Å². The Bertz CT molecular complexity index is 532. The quantitative estimate of drug-likeness (QED) is 0.781. The summed E-state index contributed by atoms with van der Waals surface area (Å²) in [5, 5.41) is 8.80. The largest absolute Gasteiger partial charge is 0.302 e. The predicted molar refractivity (Wildman–Crippen MR) is 71.8 cm³/mol. The third kappa shape index (κ3) is 5.80. The summed E-state index contributed by atoms with van der Waals surface area (Å²) < 4.78 is 22.0. The first-order chi connectivity index (χ1) is 8.40. The van der Waals surface area contributed by atoms with Crippen LogP contribution in [0, 0.1) is 11.3 Å². The highest BCUT2D eigenvalue weighted by molar-refractivity contribution is 7.90. The molecule has 4 nitrogen and oxygen atoms in total. The van der Waals surface area contributed by atoms with Gasteiger partial charge in [-0.2, -0.15) is 5.26 Å². The fourth-order valence-electron chi connectivity index (χ4n) is 1.73. The third-order valence-electron chi connectivity index (χ3n) is 2.56. The van der Waals surface area contributed by atoms with Crippen LogP contribution in [-0.4, -0.2) is 38.9 Å². The second kappa shape index (κ2) is 6.53. The van der Waals surface area contributed by atoms with Crippen molar-refractivity contribution in [3.8, 4) is 6.07 Å². The van der Waals surface area contributed by atoms with Crippen LogP contribution in [-0.2, 0) is 16.4 Å². The molecule has 1 aromatic rings. The SMILES string of the molecule is CN(CCCS(C)(=O)=O)Cc1cccc(C#N)c1. The van der Waals surface area contributed by atoms with Crippen LogP contribution in [0.4, 0.5) is 0 Å². The van der Waals surface area contributed by atoms with Crippen molar-refractivity contribution in [3.63, 3.8) is 0 Å². The fourth-order valence-corrected chi connectivity index (χ4v) is 2.38. The second-order valence-corrected chi connectivity index (χ2v) is 6.79. The van der Waals surface area contributed by atoms with E-state index in [2.05, 4.69) is 11.0 Å². The summed E-state index contributed by atoms with van der Waals surface area (Å²) in [5.74, 6) is 0.218. The maximum absolute atomic E-state index is 11.0. The lowest BCUT2D eigenvalue weighted by atomic mass is 10.1. The first-order valence-corrected chi connectivity index (χ1v) is 7.82. The van der Waals surface area contributed by atoms with Crippen molar-refractivity contribution in [3.05, 3.63) is 35.4 Å². The molecule has 0 spiro atoms. The highest BCUT2D eigenvalue weighted by atomic mass is 32.2. The van der Waals surface area contributed by atoms with Gasteiger partial charge in [-0.1, -0.05) is 12.1 Å². The Morgan fingerprint density at radius 3 is 2.72 bits per heavy atom. The molecule has 0 fully saturated rings. The van der Waals surface area contributed by atoms with Crippen molar-refractivity contribution in [1.82, 2.24) is 4.90 Å². The zero-order chi connectivity index (χ0) is 13.6. The molecule has 0 aliphatic carbocycles. The number of nitriles is 1. The van der Waals surface area contributed by atoms with Crippen LogP contribution in [0.1, 0.15) is 17.5 Å². The molecule has 0 heterocycles. The van der Waals surface area contributed by atoms with Gasteiger partial charge in [0, 0.05) is 12.8 Å². The van der Waals surface area contributed by atoms with Gasteiger partial charge in [-0.15, -0.1) is 0 Å². The number of benzene rings is 1. The van der Waals surface area contributed by atoms with E-state index in [9.17, 15) is 8.42 Å².